The first kappa shape index (κ1) is 12.0. The molecule has 0 aliphatic carbocycles. The number of hydrogen-bond acceptors (Lipinski definition) is 1. The maximum absolute atomic E-state index is 3.44. The summed E-state index contributed by atoms with van der Waals surface area (Å²) in [5.41, 5.74) is 0. The van der Waals surface area contributed by atoms with Crippen molar-refractivity contribution in [3.63, 3.8) is 0 Å². The second kappa shape index (κ2) is 6.41. The Morgan fingerprint density at radius 1 is 1.00 bits per heavy atom. The SMILES string of the molecule is CCCCCCC[N+]1(C)CCNCC1. The predicted molar refractivity (Wildman–Crippen MR) is 62.4 cm³/mol. The normalized spacial score (nSPS) is 21.0. The molecule has 0 atom stereocenters. The van der Waals surface area contributed by atoms with E-state index in [0.717, 1.165) is 0 Å². The van der Waals surface area contributed by atoms with Crippen LogP contribution in [0, 0.1) is 0 Å². The maximum atomic E-state index is 3.44. The van der Waals surface area contributed by atoms with Gasteiger partial charge in [0.05, 0.1) is 26.7 Å². The van der Waals surface area contributed by atoms with E-state index in [4.69, 9.17) is 0 Å². The first-order chi connectivity index (χ1) is 6.77. The van der Waals surface area contributed by atoms with Crippen LogP contribution in [0.2, 0.25) is 0 Å². The zero-order chi connectivity index (χ0) is 10.3. The van der Waals surface area contributed by atoms with E-state index >= 15 is 0 Å². The quantitative estimate of drug-likeness (QED) is 0.510. The van der Waals surface area contributed by atoms with E-state index in [1.807, 2.05) is 0 Å². The molecule has 0 amide bonds. The third-order valence-electron chi connectivity index (χ3n) is 3.46. The standard InChI is InChI=1S/C12H27N2/c1-3-4-5-6-7-10-14(2)11-8-13-9-12-14/h13H,3-12H2,1-2H3/q+1. The molecule has 0 saturated carbocycles. The summed E-state index contributed by atoms with van der Waals surface area (Å²) in [5, 5.41) is 3.44. The average molecular weight is 199 g/mol. The number of hydrogen-bond donors (Lipinski definition) is 1. The van der Waals surface area contributed by atoms with Crippen LogP contribution in [-0.2, 0) is 0 Å². The number of nitrogens with one attached hydrogen (secondary N) is 1. The molecule has 0 aromatic carbocycles. The van der Waals surface area contributed by atoms with Crippen LogP contribution < -0.4 is 5.32 Å². The van der Waals surface area contributed by atoms with E-state index in [9.17, 15) is 0 Å². The van der Waals surface area contributed by atoms with Crippen LogP contribution in [0.5, 0.6) is 0 Å². The molecule has 0 unspecified atom stereocenters. The minimum Gasteiger partial charge on any atom is -0.324 e. The molecule has 1 fully saturated rings. The van der Waals surface area contributed by atoms with Crippen molar-refractivity contribution in [2.24, 2.45) is 0 Å². The largest absolute Gasteiger partial charge is 0.324 e. The Kier molecular flexibility index (Phi) is 5.49. The third kappa shape index (κ3) is 4.43. The minimum atomic E-state index is 1.21. The van der Waals surface area contributed by atoms with Crippen LogP contribution >= 0.6 is 0 Å². The van der Waals surface area contributed by atoms with Gasteiger partial charge in [0.15, 0.2) is 0 Å². The lowest BCUT2D eigenvalue weighted by atomic mass is 10.1. The van der Waals surface area contributed by atoms with E-state index in [0.29, 0.717) is 0 Å². The van der Waals surface area contributed by atoms with Gasteiger partial charge in [-0.3, -0.25) is 0 Å². The number of rotatable bonds is 6. The second-order valence-electron chi connectivity index (χ2n) is 4.95. The number of likely N-dealkylation sites (N-methyl/N-ethyl adjacent to an activating group) is 1. The molecule has 1 N–H and O–H groups in total. The Hall–Kier alpha value is -0.0800. The van der Waals surface area contributed by atoms with Gasteiger partial charge in [0.2, 0.25) is 0 Å². The molecule has 0 aromatic heterocycles. The van der Waals surface area contributed by atoms with Crippen molar-refractivity contribution in [1.29, 1.82) is 0 Å². The van der Waals surface area contributed by atoms with Crippen LogP contribution in [0.3, 0.4) is 0 Å². The number of nitrogens with zero attached hydrogens (tertiary/aromatic N) is 1. The van der Waals surface area contributed by atoms with Crippen molar-refractivity contribution in [2.75, 3.05) is 39.8 Å². The lowest BCUT2D eigenvalue weighted by Crippen LogP contribution is -2.56. The smallest absolute Gasteiger partial charge is 0.0911 e. The molecule has 1 aliphatic rings. The fraction of sp³-hybridized carbons (Fsp3) is 1.00. The minimum absolute atomic E-state index is 1.21. The monoisotopic (exact) mass is 199 g/mol. The molecule has 1 heterocycles. The van der Waals surface area contributed by atoms with E-state index in [2.05, 4.69) is 19.3 Å². The van der Waals surface area contributed by atoms with Crippen molar-refractivity contribution < 1.29 is 4.48 Å². The molecular formula is C12H27N2+. The zero-order valence-corrected chi connectivity index (χ0v) is 10.0. The van der Waals surface area contributed by atoms with Gasteiger partial charge in [0.25, 0.3) is 0 Å². The van der Waals surface area contributed by atoms with Crippen molar-refractivity contribution in [3.05, 3.63) is 0 Å². The summed E-state index contributed by atoms with van der Waals surface area (Å²) in [4.78, 5) is 0. The molecule has 1 rings (SSSR count). The van der Waals surface area contributed by atoms with E-state index in [1.54, 1.807) is 0 Å². The molecule has 1 aliphatic heterocycles. The van der Waals surface area contributed by atoms with Gasteiger partial charge in [-0.2, -0.15) is 0 Å². The zero-order valence-electron chi connectivity index (χ0n) is 10.0. The lowest BCUT2D eigenvalue weighted by Gasteiger charge is -2.38. The molecular weight excluding hydrogens is 172 g/mol. The molecule has 0 radical (unpaired) electrons. The van der Waals surface area contributed by atoms with Crippen molar-refractivity contribution in [1.82, 2.24) is 5.32 Å². The van der Waals surface area contributed by atoms with Gasteiger partial charge in [-0.1, -0.05) is 26.2 Å². The van der Waals surface area contributed by atoms with Gasteiger partial charge < -0.3 is 9.80 Å². The number of unbranched alkanes of at least 4 members (excludes halogenated alkanes) is 4. The summed E-state index contributed by atoms with van der Waals surface area (Å²) in [6, 6.07) is 0. The van der Waals surface area contributed by atoms with Crippen molar-refractivity contribution in [2.45, 2.75) is 39.0 Å². The Bertz CT molecular complexity index is 139. The maximum Gasteiger partial charge on any atom is 0.0911 e. The van der Waals surface area contributed by atoms with E-state index in [-0.39, 0.29) is 0 Å². The van der Waals surface area contributed by atoms with Gasteiger partial charge in [0.1, 0.15) is 0 Å². The number of piperazine rings is 1. The second-order valence-corrected chi connectivity index (χ2v) is 4.95. The Balaban J connectivity index is 2.03. The van der Waals surface area contributed by atoms with Crippen LogP contribution in [0.1, 0.15) is 39.0 Å². The summed E-state index contributed by atoms with van der Waals surface area (Å²) in [6.07, 6.45) is 7.08. The highest BCUT2D eigenvalue weighted by Gasteiger charge is 2.23. The fourth-order valence-electron chi connectivity index (χ4n) is 2.26. The average Bonchev–Trinajstić information content (AvgIpc) is 2.18. The van der Waals surface area contributed by atoms with Gasteiger partial charge in [0, 0.05) is 13.1 Å². The van der Waals surface area contributed by atoms with Crippen LogP contribution in [0.25, 0.3) is 0 Å². The van der Waals surface area contributed by atoms with Gasteiger partial charge >= 0.3 is 0 Å². The Morgan fingerprint density at radius 3 is 2.29 bits per heavy atom. The van der Waals surface area contributed by atoms with E-state index in [1.165, 1.54) is 69.3 Å². The Morgan fingerprint density at radius 2 is 1.64 bits per heavy atom. The van der Waals surface area contributed by atoms with Gasteiger partial charge in [-0.05, 0) is 12.8 Å². The Labute approximate surface area is 89.3 Å². The topological polar surface area (TPSA) is 12.0 Å². The molecule has 14 heavy (non-hydrogen) atoms. The predicted octanol–water partition coefficient (Wildman–Crippen LogP) is 2.01. The summed E-state index contributed by atoms with van der Waals surface area (Å²) in [7, 11) is 2.42. The van der Waals surface area contributed by atoms with Gasteiger partial charge in [-0.15, -0.1) is 0 Å². The number of quaternary nitrogens is 1. The first-order valence-corrected chi connectivity index (χ1v) is 6.31. The van der Waals surface area contributed by atoms with Crippen molar-refractivity contribution in [3.8, 4) is 0 Å². The van der Waals surface area contributed by atoms with E-state index < -0.39 is 0 Å². The van der Waals surface area contributed by atoms with Crippen LogP contribution in [0.15, 0.2) is 0 Å². The molecule has 2 heteroatoms. The summed E-state index contributed by atoms with van der Waals surface area (Å²) >= 11 is 0. The highest BCUT2D eigenvalue weighted by Crippen LogP contribution is 2.09. The van der Waals surface area contributed by atoms with Crippen molar-refractivity contribution >= 4 is 0 Å². The molecule has 84 valence electrons. The van der Waals surface area contributed by atoms with Gasteiger partial charge in [-0.25, -0.2) is 0 Å². The highest BCUT2D eigenvalue weighted by atomic mass is 15.4. The molecule has 0 bridgehead atoms. The lowest BCUT2D eigenvalue weighted by molar-refractivity contribution is -0.911. The molecule has 1 saturated heterocycles. The summed E-state index contributed by atoms with van der Waals surface area (Å²) < 4.78 is 1.30. The fourth-order valence-corrected chi connectivity index (χ4v) is 2.26. The third-order valence-corrected chi connectivity index (χ3v) is 3.46. The highest BCUT2D eigenvalue weighted by molar-refractivity contribution is 4.55. The van der Waals surface area contributed by atoms with Crippen LogP contribution in [0.4, 0.5) is 0 Å². The van der Waals surface area contributed by atoms with Crippen LogP contribution in [-0.4, -0.2) is 44.3 Å². The summed E-state index contributed by atoms with van der Waals surface area (Å²) in [5.74, 6) is 0. The molecule has 0 spiro atoms. The molecule has 2 nitrogen and oxygen atoms in total. The molecule has 0 aromatic rings. The first-order valence-electron chi connectivity index (χ1n) is 6.31. The summed E-state index contributed by atoms with van der Waals surface area (Å²) in [6.45, 7) is 8.76.